The highest BCUT2D eigenvalue weighted by Crippen LogP contribution is 2.22. The van der Waals surface area contributed by atoms with Gasteiger partial charge in [0.1, 0.15) is 5.82 Å². The van der Waals surface area contributed by atoms with E-state index in [0.717, 1.165) is 37.7 Å². The van der Waals surface area contributed by atoms with E-state index in [2.05, 4.69) is 36.2 Å². The number of anilines is 1. The van der Waals surface area contributed by atoms with Gasteiger partial charge in [0, 0.05) is 5.39 Å². The van der Waals surface area contributed by atoms with Crippen molar-refractivity contribution < 1.29 is 0 Å². The second-order valence-electron chi connectivity index (χ2n) is 5.76. The van der Waals surface area contributed by atoms with E-state index >= 15 is 0 Å². The van der Waals surface area contributed by atoms with Gasteiger partial charge < -0.3 is 11.5 Å². The van der Waals surface area contributed by atoms with E-state index in [0.29, 0.717) is 5.82 Å². The molecule has 3 nitrogen and oxygen atoms in total. The highest BCUT2D eigenvalue weighted by atomic mass is 14.8. The number of fused-ring (bicyclic) bond motifs is 1. The predicted molar refractivity (Wildman–Crippen MR) is 91.4 cm³/mol. The van der Waals surface area contributed by atoms with Gasteiger partial charge in [-0.25, -0.2) is 4.98 Å². The number of nitrogens with zero attached hydrogens (tertiary/aromatic N) is 1. The van der Waals surface area contributed by atoms with E-state index in [1.807, 2.05) is 0 Å². The lowest BCUT2D eigenvalue weighted by Gasteiger charge is -2.08. The highest BCUT2D eigenvalue weighted by molar-refractivity contribution is 5.82. The predicted octanol–water partition coefficient (Wildman–Crippen LogP) is 3.83. The fraction of sp³-hybridized carbons (Fsp3) is 0.500. The van der Waals surface area contributed by atoms with Crippen LogP contribution in [0.25, 0.3) is 10.9 Å². The smallest absolute Gasteiger partial charge is 0.127 e. The molecule has 0 aliphatic rings. The number of unbranched alkanes of at least 4 members (excludes halogenated alkanes) is 3. The zero-order valence-corrected chi connectivity index (χ0v) is 13.1. The monoisotopic (exact) mass is 285 g/mol. The molecule has 0 aliphatic carbocycles. The number of pyridine rings is 1. The second-order valence-corrected chi connectivity index (χ2v) is 5.76. The molecule has 21 heavy (non-hydrogen) atoms. The Morgan fingerprint density at radius 3 is 2.57 bits per heavy atom. The van der Waals surface area contributed by atoms with Gasteiger partial charge in [0.05, 0.1) is 5.52 Å². The Labute approximate surface area is 127 Å². The van der Waals surface area contributed by atoms with E-state index in [4.69, 9.17) is 11.5 Å². The maximum atomic E-state index is 6.11. The zero-order chi connectivity index (χ0) is 15.1. The molecule has 0 unspecified atom stereocenters. The molecule has 2 aromatic rings. The summed E-state index contributed by atoms with van der Waals surface area (Å²) in [5.74, 6) is 0.692. The number of nitrogen functional groups attached to an aromatic ring is 1. The third-order valence-corrected chi connectivity index (χ3v) is 3.96. The fourth-order valence-electron chi connectivity index (χ4n) is 2.67. The Morgan fingerprint density at radius 2 is 1.81 bits per heavy atom. The number of benzene rings is 1. The molecule has 0 amide bonds. The molecule has 1 aromatic heterocycles. The molecule has 0 spiro atoms. The fourth-order valence-corrected chi connectivity index (χ4v) is 2.67. The van der Waals surface area contributed by atoms with Crippen LogP contribution in [-0.2, 0) is 12.8 Å². The van der Waals surface area contributed by atoms with Crippen molar-refractivity contribution in [3.05, 3.63) is 35.4 Å². The Morgan fingerprint density at radius 1 is 1.00 bits per heavy atom. The summed E-state index contributed by atoms with van der Waals surface area (Å²) in [7, 11) is 0. The Hall–Kier alpha value is -1.61. The van der Waals surface area contributed by atoms with E-state index in [1.54, 1.807) is 0 Å². The minimum atomic E-state index is 0.692. The Balaban J connectivity index is 2.14. The normalized spacial score (nSPS) is 11.1. The van der Waals surface area contributed by atoms with Crippen molar-refractivity contribution in [3.8, 4) is 0 Å². The van der Waals surface area contributed by atoms with Crippen LogP contribution in [0.15, 0.2) is 24.3 Å². The lowest BCUT2D eigenvalue weighted by atomic mass is 10.0. The zero-order valence-electron chi connectivity index (χ0n) is 13.1. The number of aryl methyl sites for hydroxylation is 2. The third-order valence-electron chi connectivity index (χ3n) is 3.96. The molecule has 0 fully saturated rings. The lowest BCUT2D eigenvalue weighted by Crippen LogP contribution is -2.00. The van der Waals surface area contributed by atoms with Crippen molar-refractivity contribution in [1.29, 1.82) is 0 Å². The highest BCUT2D eigenvalue weighted by Gasteiger charge is 2.05. The van der Waals surface area contributed by atoms with Crippen LogP contribution in [0, 0.1) is 0 Å². The van der Waals surface area contributed by atoms with Gasteiger partial charge in [-0.3, -0.25) is 0 Å². The van der Waals surface area contributed by atoms with E-state index < -0.39 is 0 Å². The number of aromatic nitrogens is 1. The second kappa shape index (κ2) is 7.99. The molecule has 0 saturated carbocycles. The van der Waals surface area contributed by atoms with Crippen LogP contribution in [-0.4, -0.2) is 11.5 Å². The summed E-state index contributed by atoms with van der Waals surface area (Å²) in [6, 6.07) is 8.74. The maximum absolute atomic E-state index is 6.11. The molecular weight excluding hydrogens is 258 g/mol. The minimum Gasteiger partial charge on any atom is -0.383 e. The molecule has 0 saturated heterocycles. The summed E-state index contributed by atoms with van der Waals surface area (Å²) in [6.07, 6.45) is 7.96. The first kappa shape index (κ1) is 15.8. The summed E-state index contributed by atoms with van der Waals surface area (Å²) in [4.78, 5) is 4.60. The number of rotatable bonds is 8. The van der Waals surface area contributed by atoms with Gasteiger partial charge in [-0.2, -0.15) is 0 Å². The number of nitrogens with two attached hydrogens (primary N) is 2. The van der Waals surface area contributed by atoms with Crippen LogP contribution in [0.2, 0.25) is 0 Å². The number of hydrogen-bond acceptors (Lipinski definition) is 3. The van der Waals surface area contributed by atoms with Crippen LogP contribution < -0.4 is 11.5 Å². The van der Waals surface area contributed by atoms with Gasteiger partial charge >= 0.3 is 0 Å². The van der Waals surface area contributed by atoms with E-state index in [9.17, 15) is 0 Å². The van der Waals surface area contributed by atoms with Crippen LogP contribution in [0.4, 0.5) is 5.82 Å². The maximum Gasteiger partial charge on any atom is 0.127 e. The molecule has 2 rings (SSSR count). The van der Waals surface area contributed by atoms with Gasteiger partial charge in [0.25, 0.3) is 0 Å². The van der Waals surface area contributed by atoms with Crippen LogP contribution >= 0.6 is 0 Å². The molecule has 0 bridgehead atoms. The average Bonchev–Trinajstić information content (AvgIpc) is 2.48. The van der Waals surface area contributed by atoms with E-state index in [1.165, 1.54) is 35.8 Å². The quantitative estimate of drug-likeness (QED) is 0.724. The van der Waals surface area contributed by atoms with Crippen molar-refractivity contribution in [2.45, 2.75) is 51.9 Å². The summed E-state index contributed by atoms with van der Waals surface area (Å²) in [5, 5.41) is 1.19. The van der Waals surface area contributed by atoms with Gasteiger partial charge in [-0.05, 0) is 61.9 Å². The molecule has 1 heterocycles. The minimum absolute atomic E-state index is 0.692. The van der Waals surface area contributed by atoms with Crippen molar-refractivity contribution in [3.63, 3.8) is 0 Å². The number of hydrogen-bond donors (Lipinski definition) is 2. The SMILES string of the molecule is CCCCCc1cc2ccc(CCCCN)cc2nc1N. The average molecular weight is 285 g/mol. The molecule has 0 aliphatic heterocycles. The molecule has 4 N–H and O–H groups in total. The largest absolute Gasteiger partial charge is 0.383 e. The molecule has 3 heteroatoms. The van der Waals surface area contributed by atoms with Crippen LogP contribution in [0.1, 0.15) is 50.2 Å². The summed E-state index contributed by atoms with van der Waals surface area (Å²) >= 11 is 0. The van der Waals surface area contributed by atoms with Crippen LogP contribution in [0.3, 0.4) is 0 Å². The Kier molecular flexibility index (Phi) is 6.00. The van der Waals surface area contributed by atoms with Crippen molar-refractivity contribution >= 4 is 16.7 Å². The summed E-state index contributed by atoms with van der Waals surface area (Å²) in [5.41, 5.74) is 15.2. The van der Waals surface area contributed by atoms with Crippen molar-refractivity contribution in [1.82, 2.24) is 4.98 Å². The van der Waals surface area contributed by atoms with Crippen LogP contribution in [0.5, 0.6) is 0 Å². The Bertz CT molecular complexity index is 578. The van der Waals surface area contributed by atoms with Gasteiger partial charge in [-0.1, -0.05) is 31.9 Å². The first-order valence-electron chi connectivity index (χ1n) is 8.12. The van der Waals surface area contributed by atoms with Crippen molar-refractivity contribution in [2.75, 3.05) is 12.3 Å². The topological polar surface area (TPSA) is 64.9 Å². The lowest BCUT2D eigenvalue weighted by molar-refractivity contribution is 0.717. The standard InChI is InChI=1S/C18H27N3/c1-2-3-4-8-16-13-15-10-9-14(7-5-6-11-19)12-17(15)21-18(16)20/h9-10,12-13H,2-8,11,19H2,1H3,(H2,20,21). The van der Waals surface area contributed by atoms with E-state index in [-0.39, 0.29) is 0 Å². The molecule has 1 aromatic carbocycles. The summed E-state index contributed by atoms with van der Waals surface area (Å²) < 4.78 is 0. The first-order chi connectivity index (χ1) is 10.2. The van der Waals surface area contributed by atoms with Gasteiger partial charge in [-0.15, -0.1) is 0 Å². The molecular formula is C18H27N3. The first-order valence-corrected chi connectivity index (χ1v) is 8.12. The summed E-state index contributed by atoms with van der Waals surface area (Å²) in [6.45, 7) is 2.98. The molecule has 0 atom stereocenters. The van der Waals surface area contributed by atoms with Gasteiger partial charge in [0.2, 0.25) is 0 Å². The molecule has 114 valence electrons. The third kappa shape index (κ3) is 4.43. The van der Waals surface area contributed by atoms with Gasteiger partial charge in [0.15, 0.2) is 0 Å². The molecule has 0 radical (unpaired) electrons. The van der Waals surface area contributed by atoms with Crippen molar-refractivity contribution in [2.24, 2.45) is 5.73 Å².